The number of hydrogen-bond acceptors (Lipinski definition) is 3. The smallest absolute Gasteiger partial charge is 0.0981 e. The van der Waals surface area contributed by atoms with E-state index in [0.29, 0.717) is 5.92 Å². The van der Waals surface area contributed by atoms with Crippen LogP contribution in [0.25, 0.3) is 0 Å². The first-order chi connectivity index (χ1) is 8.02. The predicted molar refractivity (Wildman–Crippen MR) is 74.8 cm³/mol. The summed E-state index contributed by atoms with van der Waals surface area (Å²) < 4.78 is 0. The number of hydrogen-bond donors (Lipinski definition) is 1. The Balaban J connectivity index is 2.18. The highest BCUT2D eigenvalue weighted by atomic mass is 32.1. The molecule has 0 saturated carbocycles. The molecule has 1 aliphatic heterocycles. The largest absolute Gasteiger partial charge is 0.316 e. The van der Waals surface area contributed by atoms with Crippen molar-refractivity contribution in [1.82, 2.24) is 10.3 Å². The fraction of sp³-hybridized carbons (Fsp3) is 0.786. The molecular weight excluding hydrogens is 228 g/mol. The molecule has 3 heteroatoms. The number of nitrogens with zero attached hydrogens (tertiary/aromatic N) is 1. The Bertz CT molecular complexity index is 365. The Kier molecular flexibility index (Phi) is 3.88. The highest BCUT2D eigenvalue weighted by molar-refractivity contribution is 7.09. The maximum atomic E-state index is 4.89. The third-order valence-corrected chi connectivity index (χ3v) is 4.96. The van der Waals surface area contributed by atoms with Gasteiger partial charge in [0.2, 0.25) is 0 Å². The van der Waals surface area contributed by atoms with Crippen LogP contribution >= 0.6 is 11.3 Å². The first-order valence-corrected chi connectivity index (χ1v) is 7.57. The molecular formula is C14H24N2S. The van der Waals surface area contributed by atoms with E-state index in [9.17, 15) is 0 Å². The van der Waals surface area contributed by atoms with E-state index < -0.39 is 0 Å². The van der Waals surface area contributed by atoms with Crippen molar-refractivity contribution in [2.24, 2.45) is 5.92 Å². The molecule has 1 fully saturated rings. The lowest BCUT2D eigenvalue weighted by Gasteiger charge is -2.30. The van der Waals surface area contributed by atoms with Gasteiger partial charge < -0.3 is 5.32 Å². The molecule has 0 amide bonds. The molecule has 96 valence electrons. The van der Waals surface area contributed by atoms with Gasteiger partial charge in [-0.05, 0) is 25.4 Å². The van der Waals surface area contributed by atoms with E-state index in [1.54, 1.807) is 0 Å². The molecule has 0 aromatic carbocycles. The molecule has 0 radical (unpaired) electrons. The summed E-state index contributed by atoms with van der Waals surface area (Å²) in [7, 11) is 0. The van der Waals surface area contributed by atoms with Crippen molar-refractivity contribution in [2.45, 2.75) is 51.9 Å². The van der Waals surface area contributed by atoms with Gasteiger partial charge in [0.1, 0.15) is 0 Å². The molecule has 1 aliphatic rings. The SMILES string of the molecule is CCC1CNCCC1c1csc(C(C)(C)C)n1. The number of nitrogens with one attached hydrogen (secondary N) is 1. The summed E-state index contributed by atoms with van der Waals surface area (Å²) >= 11 is 1.83. The molecule has 1 aromatic rings. The molecule has 2 heterocycles. The number of aromatic nitrogens is 1. The lowest BCUT2D eigenvalue weighted by molar-refractivity contribution is 0.313. The Morgan fingerprint density at radius 3 is 2.82 bits per heavy atom. The average Bonchev–Trinajstić information content (AvgIpc) is 2.77. The van der Waals surface area contributed by atoms with Crippen molar-refractivity contribution in [1.29, 1.82) is 0 Å². The van der Waals surface area contributed by atoms with Crippen LogP contribution in [0.1, 0.15) is 57.2 Å². The van der Waals surface area contributed by atoms with Gasteiger partial charge in [-0.25, -0.2) is 4.98 Å². The van der Waals surface area contributed by atoms with E-state index in [1.807, 2.05) is 11.3 Å². The molecule has 0 aliphatic carbocycles. The van der Waals surface area contributed by atoms with Crippen LogP contribution in [-0.2, 0) is 5.41 Å². The van der Waals surface area contributed by atoms with Crippen LogP contribution < -0.4 is 5.32 Å². The van der Waals surface area contributed by atoms with Crippen molar-refractivity contribution >= 4 is 11.3 Å². The lowest BCUT2D eigenvalue weighted by atomic mass is 9.83. The van der Waals surface area contributed by atoms with E-state index in [2.05, 4.69) is 38.4 Å². The summed E-state index contributed by atoms with van der Waals surface area (Å²) in [4.78, 5) is 4.89. The number of rotatable bonds is 2. The van der Waals surface area contributed by atoms with Gasteiger partial charge in [-0.15, -0.1) is 11.3 Å². The van der Waals surface area contributed by atoms with Crippen molar-refractivity contribution in [3.63, 3.8) is 0 Å². The molecule has 17 heavy (non-hydrogen) atoms. The third-order valence-electron chi connectivity index (χ3n) is 3.68. The molecule has 1 aromatic heterocycles. The van der Waals surface area contributed by atoms with Crippen molar-refractivity contribution in [3.8, 4) is 0 Å². The second kappa shape index (κ2) is 5.07. The highest BCUT2D eigenvalue weighted by Crippen LogP contribution is 2.35. The summed E-state index contributed by atoms with van der Waals surface area (Å²) in [5.74, 6) is 1.44. The Morgan fingerprint density at radius 1 is 1.47 bits per heavy atom. The van der Waals surface area contributed by atoms with Gasteiger partial charge in [0, 0.05) is 16.7 Å². The average molecular weight is 252 g/mol. The lowest BCUT2D eigenvalue weighted by Crippen LogP contribution is -2.35. The quantitative estimate of drug-likeness (QED) is 0.871. The van der Waals surface area contributed by atoms with Crippen molar-refractivity contribution in [2.75, 3.05) is 13.1 Å². The minimum Gasteiger partial charge on any atom is -0.316 e. The third kappa shape index (κ3) is 2.89. The first-order valence-electron chi connectivity index (χ1n) is 6.69. The molecule has 0 bridgehead atoms. The molecule has 1 N–H and O–H groups in total. The van der Waals surface area contributed by atoms with Gasteiger partial charge in [-0.3, -0.25) is 0 Å². The monoisotopic (exact) mass is 252 g/mol. The summed E-state index contributed by atoms with van der Waals surface area (Å²) in [5, 5.41) is 7.07. The summed E-state index contributed by atoms with van der Waals surface area (Å²) in [5.41, 5.74) is 1.53. The zero-order chi connectivity index (χ0) is 12.5. The van der Waals surface area contributed by atoms with Crippen LogP contribution in [0, 0.1) is 5.92 Å². The maximum Gasteiger partial charge on any atom is 0.0981 e. The fourth-order valence-electron chi connectivity index (χ4n) is 2.54. The molecule has 2 nitrogen and oxygen atoms in total. The highest BCUT2D eigenvalue weighted by Gasteiger charge is 2.28. The summed E-state index contributed by atoms with van der Waals surface area (Å²) in [6.45, 7) is 11.3. The van der Waals surface area contributed by atoms with Gasteiger partial charge in [-0.2, -0.15) is 0 Å². The van der Waals surface area contributed by atoms with Crippen LogP contribution in [0.4, 0.5) is 0 Å². The second-order valence-electron chi connectivity index (χ2n) is 6.10. The van der Waals surface area contributed by atoms with Gasteiger partial charge >= 0.3 is 0 Å². The Morgan fingerprint density at radius 2 is 2.24 bits per heavy atom. The van der Waals surface area contributed by atoms with Crippen molar-refractivity contribution in [3.05, 3.63) is 16.1 Å². The van der Waals surface area contributed by atoms with Crippen LogP contribution in [-0.4, -0.2) is 18.1 Å². The molecule has 2 unspecified atom stereocenters. The summed E-state index contributed by atoms with van der Waals surface area (Å²) in [6.07, 6.45) is 2.49. The topological polar surface area (TPSA) is 24.9 Å². The predicted octanol–water partition coefficient (Wildman–Crippen LogP) is 3.54. The van der Waals surface area contributed by atoms with E-state index >= 15 is 0 Å². The molecule has 1 saturated heterocycles. The number of piperidine rings is 1. The van der Waals surface area contributed by atoms with Crippen LogP contribution in [0.15, 0.2) is 5.38 Å². The van der Waals surface area contributed by atoms with Gasteiger partial charge in [0.05, 0.1) is 10.7 Å². The Labute approximate surface area is 109 Å². The minimum atomic E-state index is 0.192. The zero-order valence-electron chi connectivity index (χ0n) is 11.4. The maximum absolute atomic E-state index is 4.89. The van der Waals surface area contributed by atoms with Crippen LogP contribution in [0.2, 0.25) is 0 Å². The van der Waals surface area contributed by atoms with E-state index in [4.69, 9.17) is 4.98 Å². The zero-order valence-corrected chi connectivity index (χ0v) is 12.2. The van der Waals surface area contributed by atoms with Gasteiger partial charge in [0.25, 0.3) is 0 Å². The van der Waals surface area contributed by atoms with E-state index in [1.165, 1.54) is 23.5 Å². The molecule has 2 rings (SSSR count). The first kappa shape index (κ1) is 13.0. The summed E-state index contributed by atoms with van der Waals surface area (Å²) in [6, 6.07) is 0. The minimum absolute atomic E-state index is 0.192. The molecule has 0 spiro atoms. The normalized spacial score (nSPS) is 26.1. The van der Waals surface area contributed by atoms with Gasteiger partial charge in [0.15, 0.2) is 0 Å². The van der Waals surface area contributed by atoms with E-state index in [0.717, 1.165) is 19.0 Å². The standard InChI is InChI=1S/C14H24N2S/c1-5-10-8-15-7-6-11(10)12-9-17-13(16-12)14(2,3)4/h9-11,15H,5-8H2,1-4H3. The second-order valence-corrected chi connectivity index (χ2v) is 6.95. The van der Waals surface area contributed by atoms with Crippen LogP contribution in [0.5, 0.6) is 0 Å². The van der Waals surface area contributed by atoms with Crippen LogP contribution in [0.3, 0.4) is 0 Å². The van der Waals surface area contributed by atoms with Crippen molar-refractivity contribution < 1.29 is 0 Å². The fourth-order valence-corrected chi connectivity index (χ4v) is 3.51. The Hall–Kier alpha value is -0.410. The van der Waals surface area contributed by atoms with Gasteiger partial charge in [-0.1, -0.05) is 34.1 Å². The van der Waals surface area contributed by atoms with E-state index in [-0.39, 0.29) is 5.41 Å². The number of thiazole rings is 1. The molecule has 2 atom stereocenters.